The van der Waals surface area contributed by atoms with Gasteiger partial charge < -0.3 is 10.2 Å². The molecule has 2 saturated heterocycles. The molecule has 0 radical (unpaired) electrons. The normalized spacial score (nSPS) is 26.6. The zero-order chi connectivity index (χ0) is 13.9. The van der Waals surface area contributed by atoms with E-state index in [0.29, 0.717) is 0 Å². The molecule has 2 fully saturated rings. The molecule has 0 amide bonds. The molecule has 110 valence electrons. The van der Waals surface area contributed by atoms with E-state index in [1.165, 1.54) is 24.9 Å². The second-order valence-electron chi connectivity index (χ2n) is 6.14. The Kier molecular flexibility index (Phi) is 4.10. The molecule has 1 aromatic rings. The van der Waals surface area contributed by atoms with Crippen molar-refractivity contribution in [3.8, 4) is 0 Å². The number of anilines is 2. The van der Waals surface area contributed by atoms with Crippen molar-refractivity contribution < 1.29 is 0 Å². The summed E-state index contributed by atoms with van der Waals surface area (Å²) in [6, 6.07) is 3.76. The molecule has 0 saturated carbocycles. The Morgan fingerprint density at radius 2 is 2.10 bits per heavy atom. The van der Waals surface area contributed by atoms with E-state index in [1.807, 2.05) is 12.4 Å². The van der Waals surface area contributed by atoms with E-state index in [4.69, 9.17) is 0 Å². The Morgan fingerprint density at radius 1 is 1.25 bits per heavy atom. The number of likely N-dealkylation sites (N-methyl/N-ethyl adjacent to an activating group) is 1. The molecular formula is C16H26N4. The molecule has 0 aromatic carbocycles. The highest BCUT2D eigenvalue weighted by molar-refractivity contribution is 5.55. The Balaban J connectivity index is 1.72. The first-order chi connectivity index (χ1) is 9.78. The van der Waals surface area contributed by atoms with E-state index in [2.05, 4.69) is 40.1 Å². The van der Waals surface area contributed by atoms with Gasteiger partial charge in [-0.05, 0) is 38.8 Å². The lowest BCUT2D eigenvalue weighted by Crippen LogP contribution is -2.36. The SMILES string of the molecule is CCCNc1cncc(N2CCC3CCC(C2)N3C)c1. The smallest absolute Gasteiger partial charge is 0.0574 e. The minimum atomic E-state index is 0.717. The molecule has 20 heavy (non-hydrogen) atoms. The Labute approximate surface area is 122 Å². The zero-order valence-corrected chi connectivity index (χ0v) is 12.7. The third-order valence-electron chi connectivity index (χ3n) is 4.82. The molecule has 2 unspecified atom stereocenters. The first kappa shape index (κ1) is 13.7. The summed E-state index contributed by atoms with van der Waals surface area (Å²) in [5.74, 6) is 0. The van der Waals surface area contributed by atoms with Crippen LogP contribution in [0.5, 0.6) is 0 Å². The average molecular weight is 274 g/mol. The van der Waals surface area contributed by atoms with E-state index in [-0.39, 0.29) is 0 Å². The van der Waals surface area contributed by atoms with Gasteiger partial charge in [0.1, 0.15) is 0 Å². The van der Waals surface area contributed by atoms with Gasteiger partial charge in [-0.2, -0.15) is 0 Å². The highest BCUT2D eigenvalue weighted by atomic mass is 15.3. The maximum absolute atomic E-state index is 4.41. The van der Waals surface area contributed by atoms with Crippen molar-refractivity contribution >= 4 is 11.4 Å². The van der Waals surface area contributed by atoms with Gasteiger partial charge in [-0.3, -0.25) is 9.88 Å². The van der Waals surface area contributed by atoms with E-state index in [1.54, 1.807) is 0 Å². The van der Waals surface area contributed by atoms with E-state index < -0.39 is 0 Å². The third-order valence-corrected chi connectivity index (χ3v) is 4.82. The van der Waals surface area contributed by atoms with Crippen molar-refractivity contribution in [2.24, 2.45) is 0 Å². The first-order valence-corrected chi connectivity index (χ1v) is 7.93. The predicted octanol–water partition coefficient (Wildman–Crippen LogP) is 2.58. The molecule has 0 aliphatic carbocycles. The first-order valence-electron chi connectivity index (χ1n) is 7.93. The summed E-state index contributed by atoms with van der Waals surface area (Å²) in [5, 5.41) is 3.43. The number of pyridine rings is 1. The van der Waals surface area contributed by atoms with Crippen LogP contribution in [0.3, 0.4) is 0 Å². The largest absolute Gasteiger partial charge is 0.384 e. The lowest BCUT2D eigenvalue weighted by atomic mass is 10.1. The predicted molar refractivity (Wildman–Crippen MR) is 84.4 cm³/mol. The molecule has 3 rings (SSSR count). The second-order valence-corrected chi connectivity index (χ2v) is 6.14. The molecule has 2 bridgehead atoms. The molecule has 4 nitrogen and oxygen atoms in total. The summed E-state index contributed by atoms with van der Waals surface area (Å²) in [4.78, 5) is 9.51. The Hall–Kier alpha value is -1.29. The maximum Gasteiger partial charge on any atom is 0.0574 e. The molecule has 1 aromatic heterocycles. The lowest BCUT2D eigenvalue weighted by Gasteiger charge is -2.27. The molecule has 0 spiro atoms. The molecule has 3 heterocycles. The van der Waals surface area contributed by atoms with Crippen molar-refractivity contribution in [1.29, 1.82) is 0 Å². The number of aromatic nitrogens is 1. The van der Waals surface area contributed by atoms with E-state index in [0.717, 1.165) is 43.8 Å². The fourth-order valence-electron chi connectivity index (χ4n) is 3.51. The summed E-state index contributed by atoms with van der Waals surface area (Å²) in [5.41, 5.74) is 2.42. The summed E-state index contributed by atoms with van der Waals surface area (Å²) < 4.78 is 0. The number of fused-ring (bicyclic) bond motifs is 2. The average Bonchev–Trinajstić information content (AvgIpc) is 2.70. The molecule has 2 aliphatic rings. The Morgan fingerprint density at radius 3 is 2.95 bits per heavy atom. The number of hydrogen-bond donors (Lipinski definition) is 1. The lowest BCUT2D eigenvalue weighted by molar-refractivity contribution is 0.254. The summed E-state index contributed by atoms with van der Waals surface area (Å²) in [7, 11) is 2.29. The van der Waals surface area contributed by atoms with Crippen LogP contribution in [-0.4, -0.2) is 48.6 Å². The zero-order valence-electron chi connectivity index (χ0n) is 12.7. The van der Waals surface area contributed by atoms with Gasteiger partial charge in [0, 0.05) is 31.7 Å². The van der Waals surface area contributed by atoms with Crippen LogP contribution < -0.4 is 10.2 Å². The van der Waals surface area contributed by atoms with Crippen LogP contribution in [0.1, 0.15) is 32.6 Å². The molecule has 2 aliphatic heterocycles. The number of nitrogens with one attached hydrogen (secondary N) is 1. The van der Waals surface area contributed by atoms with Crippen LogP contribution >= 0.6 is 0 Å². The van der Waals surface area contributed by atoms with Crippen LogP contribution in [-0.2, 0) is 0 Å². The van der Waals surface area contributed by atoms with Gasteiger partial charge in [-0.1, -0.05) is 6.92 Å². The third kappa shape index (κ3) is 2.75. The van der Waals surface area contributed by atoms with Crippen molar-refractivity contribution in [3.05, 3.63) is 18.5 Å². The summed E-state index contributed by atoms with van der Waals surface area (Å²) >= 11 is 0. The summed E-state index contributed by atoms with van der Waals surface area (Å²) in [6.45, 7) is 5.50. The minimum Gasteiger partial charge on any atom is -0.384 e. The fraction of sp³-hybridized carbons (Fsp3) is 0.688. The van der Waals surface area contributed by atoms with Crippen LogP contribution in [0.25, 0.3) is 0 Å². The van der Waals surface area contributed by atoms with Gasteiger partial charge in [-0.15, -0.1) is 0 Å². The minimum absolute atomic E-state index is 0.717. The van der Waals surface area contributed by atoms with Crippen LogP contribution in [0.15, 0.2) is 18.5 Å². The standard InChI is InChI=1S/C16H26N4/c1-3-7-18-13-9-16(11-17-10-13)20-8-6-14-4-5-15(12-20)19(14)2/h9-11,14-15,18H,3-8,12H2,1-2H3. The summed E-state index contributed by atoms with van der Waals surface area (Å²) in [6.07, 6.45) is 9.08. The topological polar surface area (TPSA) is 31.4 Å². The van der Waals surface area contributed by atoms with Crippen LogP contribution in [0, 0.1) is 0 Å². The quantitative estimate of drug-likeness (QED) is 0.914. The number of nitrogens with zero attached hydrogens (tertiary/aromatic N) is 3. The molecule has 1 N–H and O–H groups in total. The van der Waals surface area contributed by atoms with Gasteiger partial charge in [0.2, 0.25) is 0 Å². The maximum atomic E-state index is 4.41. The van der Waals surface area contributed by atoms with Crippen molar-refractivity contribution in [2.45, 2.75) is 44.7 Å². The fourth-order valence-corrected chi connectivity index (χ4v) is 3.51. The van der Waals surface area contributed by atoms with Crippen molar-refractivity contribution in [3.63, 3.8) is 0 Å². The van der Waals surface area contributed by atoms with Crippen LogP contribution in [0.2, 0.25) is 0 Å². The number of hydrogen-bond acceptors (Lipinski definition) is 4. The van der Waals surface area contributed by atoms with E-state index >= 15 is 0 Å². The van der Waals surface area contributed by atoms with Gasteiger partial charge in [0.15, 0.2) is 0 Å². The van der Waals surface area contributed by atoms with Crippen molar-refractivity contribution in [2.75, 3.05) is 36.9 Å². The highest BCUT2D eigenvalue weighted by Gasteiger charge is 2.34. The molecule has 4 heteroatoms. The van der Waals surface area contributed by atoms with Crippen molar-refractivity contribution in [1.82, 2.24) is 9.88 Å². The van der Waals surface area contributed by atoms with Gasteiger partial charge in [-0.25, -0.2) is 0 Å². The second kappa shape index (κ2) is 6.00. The highest BCUT2D eigenvalue weighted by Crippen LogP contribution is 2.31. The Bertz CT molecular complexity index is 448. The molecule has 2 atom stereocenters. The monoisotopic (exact) mass is 274 g/mol. The van der Waals surface area contributed by atoms with Gasteiger partial charge >= 0.3 is 0 Å². The molecular weight excluding hydrogens is 248 g/mol. The van der Waals surface area contributed by atoms with Gasteiger partial charge in [0.05, 0.1) is 23.8 Å². The van der Waals surface area contributed by atoms with E-state index in [9.17, 15) is 0 Å². The van der Waals surface area contributed by atoms with Gasteiger partial charge in [0.25, 0.3) is 0 Å². The van der Waals surface area contributed by atoms with Crippen LogP contribution in [0.4, 0.5) is 11.4 Å². The number of rotatable bonds is 4.